The fourth-order valence-corrected chi connectivity index (χ4v) is 1.88. The van der Waals surface area contributed by atoms with Crippen LogP contribution in [-0.4, -0.2) is 39.6 Å². The lowest BCUT2D eigenvalue weighted by Crippen LogP contribution is -2.49. The Labute approximate surface area is 83.1 Å². The Hall–Kier alpha value is -1.10. The third kappa shape index (κ3) is 1.72. The summed E-state index contributed by atoms with van der Waals surface area (Å²) in [5.74, 6) is -1.17. The van der Waals surface area contributed by atoms with E-state index in [-0.39, 0.29) is 12.5 Å². The second-order valence-electron chi connectivity index (χ2n) is 4.59. The molecule has 0 spiro atoms. The number of nitrogens with one attached hydrogen (secondary N) is 1. The summed E-state index contributed by atoms with van der Waals surface area (Å²) in [6, 6.07) is 0. The Balaban J connectivity index is 2.94. The molecule has 1 aliphatic heterocycles. The predicted octanol–water partition coefficient (Wildman–Crippen LogP) is 0.0175. The number of amides is 1. The molecular weight excluding hydrogens is 184 g/mol. The van der Waals surface area contributed by atoms with E-state index in [1.807, 2.05) is 0 Å². The predicted molar refractivity (Wildman–Crippen MR) is 50.6 cm³/mol. The normalized spacial score (nSPS) is 24.0. The van der Waals surface area contributed by atoms with Gasteiger partial charge >= 0.3 is 5.97 Å². The van der Waals surface area contributed by atoms with Gasteiger partial charge in [-0.05, 0) is 27.7 Å². The Morgan fingerprint density at radius 2 is 1.93 bits per heavy atom. The van der Waals surface area contributed by atoms with E-state index in [4.69, 9.17) is 5.11 Å². The number of hydrogen-bond acceptors (Lipinski definition) is 3. The van der Waals surface area contributed by atoms with Gasteiger partial charge in [0.05, 0.1) is 11.2 Å². The molecule has 0 unspecified atom stereocenters. The van der Waals surface area contributed by atoms with Crippen LogP contribution in [0.3, 0.4) is 0 Å². The molecule has 80 valence electrons. The maximum absolute atomic E-state index is 11.8. The first-order valence-electron chi connectivity index (χ1n) is 4.50. The van der Waals surface area contributed by atoms with Gasteiger partial charge in [-0.1, -0.05) is 0 Å². The van der Waals surface area contributed by atoms with Crippen molar-refractivity contribution >= 4 is 11.9 Å². The molecule has 1 fully saturated rings. The molecule has 0 radical (unpaired) electrons. The molecule has 1 amide bonds. The lowest BCUT2D eigenvalue weighted by Gasteiger charge is -2.29. The van der Waals surface area contributed by atoms with Crippen molar-refractivity contribution in [1.29, 1.82) is 0 Å². The zero-order valence-electron chi connectivity index (χ0n) is 8.92. The first kappa shape index (κ1) is 11.0. The molecule has 5 heteroatoms. The summed E-state index contributed by atoms with van der Waals surface area (Å²) < 4.78 is 0. The SMILES string of the molecule is CC1(C)NC(C)(C)N(CC(=O)O)C1=O. The molecule has 1 heterocycles. The van der Waals surface area contributed by atoms with Gasteiger partial charge in [0.2, 0.25) is 5.91 Å². The van der Waals surface area contributed by atoms with E-state index in [1.165, 1.54) is 4.90 Å². The van der Waals surface area contributed by atoms with Crippen molar-refractivity contribution in [2.24, 2.45) is 0 Å². The van der Waals surface area contributed by atoms with Crippen LogP contribution in [0, 0.1) is 0 Å². The second-order valence-corrected chi connectivity index (χ2v) is 4.59. The number of carboxylic acid groups (broad SMARTS) is 1. The van der Waals surface area contributed by atoms with E-state index in [9.17, 15) is 9.59 Å². The fraction of sp³-hybridized carbons (Fsp3) is 0.778. The average Bonchev–Trinajstić information content (AvgIpc) is 2.08. The van der Waals surface area contributed by atoms with Crippen LogP contribution in [0.1, 0.15) is 27.7 Å². The summed E-state index contributed by atoms with van der Waals surface area (Å²) in [7, 11) is 0. The van der Waals surface area contributed by atoms with Gasteiger partial charge in [-0.15, -0.1) is 0 Å². The summed E-state index contributed by atoms with van der Waals surface area (Å²) in [5, 5.41) is 11.8. The van der Waals surface area contributed by atoms with Crippen LogP contribution < -0.4 is 5.32 Å². The number of rotatable bonds is 2. The molecule has 0 bridgehead atoms. The van der Waals surface area contributed by atoms with Crippen molar-refractivity contribution in [1.82, 2.24) is 10.2 Å². The molecule has 0 saturated carbocycles. The number of carbonyl (C=O) groups is 2. The highest BCUT2D eigenvalue weighted by molar-refractivity contribution is 5.91. The first-order valence-corrected chi connectivity index (χ1v) is 4.50. The van der Waals surface area contributed by atoms with Gasteiger partial charge in [0.25, 0.3) is 0 Å². The molecule has 1 aliphatic rings. The van der Waals surface area contributed by atoms with E-state index < -0.39 is 17.2 Å². The monoisotopic (exact) mass is 200 g/mol. The molecule has 0 aromatic carbocycles. The number of carbonyl (C=O) groups excluding carboxylic acids is 1. The van der Waals surface area contributed by atoms with E-state index in [0.717, 1.165) is 0 Å². The Morgan fingerprint density at radius 1 is 1.43 bits per heavy atom. The van der Waals surface area contributed by atoms with Gasteiger partial charge in [0.1, 0.15) is 6.54 Å². The van der Waals surface area contributed by atoms with Crippen LogP contribution in [0.5, 0.6) is 0 Å². The second kappa shape index (κ2) is 2.95. The number of hydrogen-bond donors (Lipinski definition) is 2. The van der Waals surface area contributed by atoms with Crippen LogP contribution in [-0.2, 0) is 9.59 Å². The van der Waals surface area contributed by atoms with Gasteiger partial charge < -0.3 is 10.0 Å². The largest absolute Gasteiger partial charge is 0.480 e. The molecule has 0 aromatic rings. The van der Waals surface area contributed by atoms with Crippen molar-refractivity contribution in [3.63, 3.8) is 0 Å². The Morgan fingerprint density at radius 3 is 2.21 bits per heavy atom. The van der Waals surface area contributed by atoms with Gasteiger partial charge in [-0.2, -0.15) is 0 Å². The van der Waals surface area contributed by atoms with Crippen molar-refractivity contribution in [3.8, 4) is 0 Å². The van der Waals surface area contributed by atoms with Crippen molar-refractivity contribution in [2.75, 3.05) is 6.54 Å². The van der Waals surface area contributed by atoms with Crippen LogP contribution in [0.4, 0.5) is 0 Å². The number of carboxylic acids is 1. The van der Waals surface area contributed by atoms with E-state index in [2.05, 4.69) is 5.32 Å². The highest BCUT2D eigenvalue weighted by atomic mass is 16.4. The van der Waals surface area contributed by atoms with E-state index >= 15 is 0 Å². The standard InChI is InChI=1S/C9H16N2O3/c1-8(2)7(14)11(5-6(12)13)9(3,4)10-8/h10H,5H2,1-4H3,(H,12,13). The summed E-state index contributed by atoms with van der Waals surface area (Å²) in [4.78, 5) is 23.7. The minimum atomic E-state index is -0.995. The lowest BCUT2D eigenvalue weighted by molar-refractivity contribution is -0.146. The van der Waals surface area contributed by atoms with Gasteiger partial charge in [0, 0.05) is 0 Å². The van der Waals surface area contributed by atoms with E-state index in [0.29, 0.717) is 0 Å². The third-order valence-electron chi connectivity index (χ3n) is 2.37. The van der Waals surface area contributed by atoms with Crippen molar-refractivity contribution in [2.45, 2.75) is 38.9 Å². The summed E-state index contributed by atoms with van der Waals surface area (Å²) in [5.41, 5.74) is -1.28. The molecular formula is C9H16N2O3. The third-order valence-corrected chi connectivity index (χ3v) is 2.37. The zero-order chi connectivity index (χ0) is 11.1. The topological polar surface area (TPSA) is 69.6 Å². The van der Waals surface area contributed by atoms with Crippen LogP contribution in [0.25, 0.3) is 0 Å². The van der Waals surface area contributed by atoms with Crippen molar-refractivity contribution < 1.29 is 14.7 Å². The first-order chi connectivity index (χ1) is 6.17. The summed E-state index contributed by atoms with van der Waals surface area (Å²) in [6.45, 7) is 6.82. The van der Waals surface area contributed by atoms with Crippen LogP contribution >= 0.6 is 0 Å². The minimum Gasteiger partial charge on any atom is -0.480 e. The van der Waals surface area contributed by atoms with Gasteiger partial charge in [-0.25, -0.2) is 0 Å². The highest BCUT2D eigenvalue weighted by Gasteiger charge is 2.49. The molecule has 2 N–H and O–H groups in total. The Kier molecular flexibility index (Phi) is 2.31. The lowest BCUT2D eigenvalue weighted by atomic mass is 10.1. The van der Waals surface area contributed by atoms with Crippen molar-refractivity contribution in [3.05, 3.63) is 0 Å². The van der Waals surface area contributed by atoms with Crippen LogP contribution in [0.2, 0.25) is 0 Å². The molecule has 0 aliphatic carbocycles. The maximum Gasteiger partial charge on any atom is 0.323 e. The average molecular weight is 200 g/mol. The van der Waals surface area contributed by atoms with Gasteiger partial charge in [0.15, 0.2) is 0 Å². The summed E-state index contributed by atoms with van der Waals surface area (Å²) in [6.07, 6.45) is 0. The fourth-order valence-electron chi connectivity index (χ4n) is 1.88. The molecule has 5 nitrogen and oxygen atoms in total. The summed E-state index contributed by atoms with van der Waals surface area (Å²) >= 11 is 0. The molecule has 1 rings (SSSR count). The Bertz CT molecular complexity index is 284. The maximum atomic E-state index is 11.8. The van der Waals surface area contributed by atoms with E-state index in [1.54, 1.807) is 27.7 Å². The molecule has 0 aromatic heterocycles. The highest BCUT2D eigenvalue weighted by Crippen LogP contribution is 2.26. The van der Waals surface area contributed by atoms with Crippen LogP contribution in [0.15, 0.2) is 0 Å². The minimum absolute atomic E-state index is 0.176. The quantitative estimate of drug-likeness (QED) is 0.659. The number of aliphatic carboxylic acids is 1. The molecule has 1 saturated heterocycles. The smallest absolute Gasteiger partial charge is 0.323 e. The molecule has 14 heavy (non-hydrogen) atoms. The molecule has 0 atom stereocenters. The zero-order valence-corrected chi connectivity index (χ0v) is 8.92. The van der Waals surface area contributed by atoms with Gasteiger partial charge in [-0.3, -0.25) is 14.9 Å². The number of nitrogens with zero attached hydrogens (tertiary/aromatic N) is 1.